The van der Waals surface area contributed by atoms with Gasteiger partial charge >= 0.3 is 0 Å². The van der Waals surface area contributed by atoms with Crippen LogP contribution in [0.2, 0.25) is 0 Å². The molecule has 0 bridgehead atoms. The highest BCUT2D eigenvalue weighted by Gasteiger charge is 2.01. The molecular weight excluding hydrogens is 233 g/mol. The van der Waals surface area contributed by atoms with Gasteiger partial charge in [0.25, 0.3) is 0 Å². The molecule has 0 spiro atoms. The molecule has 1 aromatic rings. The summed E-state index contributed by atoms with van der Waals surface area (Å²) in [6, 6.07) is 6.48. The van der Waals surface area contributed by atoms with Gasteiger partial charge in [-0.05, 0) is 30.9 Å². The van der Waals surface area contributed by atoms with E-state index in [-0.39, 0.29) is 0 Å². The number of alkyl halides is 2. The summed E-state index contributed by atoms with van der Waals surface area (Å²) in [5.74, 6) is 4.86. The van der Waals surface area contributed by atoms with Crippen molar-refractivity contribution in [1.82, 2.24) is 0 Å². The molecule has 0 fully saturated rings. The van der Waals surface area contributed by atoms with Crippen LogP contribution in [0.3, 0.4) is 0 Å². The first-order valence-electron chi connectivity index (χ1n) is 4.74. The minimum atomic E-state index is 0.679. The van der Waals surface area contributed by atoms with Gasteiger partial charge in [-0.3, -0.25) is 0 Å². The lowest BCUT2D eigenvalue weighted by Crippen LogP contribution is -1.97. The molecule has 0 unspecified atom stereocenters. The Balaban J connectivity index is 0.000000921. The Morgan fingerprint density at radius 3 is 2.13 bits per heavy atom. The maximum atomic E-state index is 6.50. The summed E-state index contributed by atoms with van der Waals surface area (Å²) in [6.45, 7) is 2.10. The van der Waals surface area contributed by atoms with E-state index in [0.29, 0.717) is 11.8 Å². The Morgan fingerprint density at radius 2 is 1.60 bits per heavy atom. The van der Waals surface area contributed by atoms with Crippen molar-refractivity contribution in [3.8, 4) is 0 Å². The fraction of sp³-hybridized carbons (Fsp3) is 0.455. The van der Waals surface area contributed by atoms with E-state index >= 15 is 0 Å². The number of benzene rings is 1. The third kappa shape index (κ3) is 5.38. The molecule has 0 aromatic heterocycles. The number of halogens is 2. The second kappa shape index (κ2) is 8.98. The number of rotatable bonds is 4. The van der Waals surface area contributed by atoms with Crippen molar-refractivity contribution in [2.45, 2.75) is 19.8 Å². The molecule has 0 atom stereocenters. The lowest BCUT2D eigenvalue weighted by molar-refractivity contribution is 0.311. The van der Waals surface area contributed by atoms with Crippen LogP contribution in [0.4, 0.5) is 0 Å². The van der Waals surface area contributed by atoms with E-state index in [1.54, 1.807) is 0 Å². The van der Waals surface area contributed by atoms with E-state index in [0.717, 1.165) is 12.8 Å². The van der Waals surface area contributed by atoms with E-state index in [4.69, 9.17) is 28.4 Å². The minimum absolute atomic E-state index is 0.679. The van der Waals surface area contributed by atoms with Crippen molar-refractivity contribution in [3.05, 3.63) is 34.9 Å². The average Bonchev–Trinajstić information content (AvgIpc) is 2.26. The zero-order chi connectivity index (χ0) is 11.7. The van der Waals surface area contributed by atoms with E-state index in [1.807, 2.05) is 0 Å². The predicted octanol–water partition coefficient (Wildman–Crippen LogP) is 2.89. The van der Waals surface area contributed by atoms with Gasteiger partial charge in [0.05, 0.1) is 0 Å². The Labute approximate surface area is 101 Å². The second-order valence-electron chi connectivity index (χ2n) is 3.15. The van der Waals surface area contributed by atoms with Crippen LogP contribution in [0.25, 0.3) is 0 Å². The van der Waals surface area contributed by atoms with Crippen molar-refractivity contribution >= 4 is 23.2 Å². The molecule has 0 amide bonds. The van der Waals surface area contributed by atoms with Gasteiger partial charge in [0.15, 0.2) is 0 Å². The highest BCUT2D eigenvalue weighted by atomic mass is 35.5. The smallest absolute Gasteiger partial charge is 0.0264 e. The Kier molecular flexibility index (Phi) is 8.82. The summed E-state index contributed by atoms with van der Waals surface area (Å²) in [7, 11) is 0. The molecule has 0 saturated carbocycles. The molecule has 0 radical (unpaired) electrons. The zero-order valence-electron chi connectivity index (χ0n) is 8.84. The molecule has 2 nitrogen and oxygen atoms in total. The van der Waals surface area contributed by atoms with Crippen LogP contribution in [0.5, 0.6) is 0 Å². The molecule has 3 N–H and O–H groups in total. The van der Waals surface area contributed by atoms with Crippen LogP contribution in [-0.2, 0) is 12.8 Å². The van der Waals surface area contributed by atoms with Crippen molar-refractivity contribution in [2.24, 2.45) is 5.90 Å². The predicted molar refractivity (Wildman–Crippen MR) is 66.0 cm³/mol. The summed E-state index contributed by atoms with van der Waals surface area (Å²) < 4.78 is 0. The number of hydrogen-bond acceptors (Lipinski definition) is 2. The maximum Gasteiger partial charge on any atom is 0.0264 e. The van der Waals surface area contributed by atoms with Crippen molar-refractivity contribution in [1.29, 1.82) is 0 Å². The van der Waals surface area contributed by atoms with Gasteiger partial charge in [-0.1, -0.05) is 23.8 Å². The van der Waals surface area contributed by atoms with Crippen molar-refractivity contribution < 1.29 is 5.21 Å². The van der Waals surface area contributed by atoms with E-state index in [2.05, 4.69) is 31.0 Å². The molecule has 15 heavy (non-hydrogen) atoms. The second-order valence-corrected chi connectivity index (χ2v) is 3.91. The molecule has 1 rings (SSSR count). The lowest BCUT2D eigenvalue weighted by atomic mass is 10.0. The van der Waals surface area contributed by atoms with Crippen LogP contribution < -0.4 is 5.90 Å². The van der Waals surface area contributed by atoms with E-state index < -0.39 is 0 Å². The summed E-state index contributed by atoms with van der Waals surface area (Å²) in [5, 5.41) is 6.50. The summed E-state index contributed by atoms with van der Waals surface area (Å²) in [5.41, 5.74) is 3.97. The molecule has 0 saturated heterocycles. The molecule has 86 valence electrons. The molecule has 0 heterocycles. The van der Waals surface area contributed by atoms with Crippen LogP contribution in [0.1, 0.15) is 16.7 Å². The number of aryl methyl sites for hydroxylation is 3. The van der Waals surface area contributed by atoms with Gasteiger partial charge in [0.1, 0.15) is 0 Å². The molecule has 4 heteroatoms. The summed E-state index contributed by atoms with van der Waals surface area (Å²) in [6.07, 6.45) is 1.88. The van der Waals surface area contributed by atoms with Gasteiger partial charge in [0, 0.05) is 11.8 Å². The number of nitrogens with two attached hydrogens (primary N) is 1. The topological polar surface area (TPSA) is 46.2 Å². The third-order valence-electron chi connectivity index (χ3n) is 2.09. The Hall–Kier alpha value is -0.280. The van der Waals surface area contributed by atoms with E-state index in [9.17, 15) is 0 Å². The highest BCUT2D eigenvalue weighted by molar-refractivity contribution is 6.18. The van der Waals surface area contributed by atoms with Crippen LogP contribution in [0.15, 0.2) is 18.2 Å². The van der Waals surface area contributed by atoms with Crippen LogP contribution in [-0.4, -0.2) is 17.0 Å². The van der Waals surface area contributed by atoms with Crippen molar-refractivity contribution in [2.75, 3.05) is 11.8 Å². The van der Waals surface area contributed by atoms with Gasteiger partial charge < -0.3 is 5.21 Å². The van der Waals surface area contributed by atoms with Gasteiger partial charge in [-0.15, -0.1) is 23.2 Å². The summed E-state index contributed by atoms with van der Waals surface area (Å²) >= 11 is 11.4. The van der Waals surface area contributed by atoms with Gasteiger partial charge in [0.2, 0.25) is 0 Å². The highest BCUT2D eigenvalue weighted by Crippen LogP contribution is 2.14. The standard InChI is InChI=1S/C11H14Cl2.H3NO/c1-9-2-3-10(4-6-12)11(8-9)5-7-13;1-2/h2-3,8H,4-7H2,1H3;2H,1H2. The monoisotopic (exact) mass is 249 g/mol. The molecule has 1 aromatic carbocycles. The molecule has 0 aliphatic rings. The van der Waals surface area contributed by atoms with Crippen LogP contribution in [0, 0.1) is 6.92 Å². The Bertz CT molecular complexity index is 279. The maximum absolute atomic E-state index is 6.50. The lowest BCUT2D eigenvalue weighted by Gasteiger charge is -2.07. The summed E-state index contributed by atoms with van der Waals surface area (Å²) in [4.78, 5) is 0. The SMILES string of the molecule is Cc1ccc(CCCl)c(CCCl)c1.NO. The molecule has 0 aliphatic carbocycles. The molecular formula is C11H17Cl2NO. The fourth-order valence-corrected chi connectivity index (χ4v) is 1.84. The minimum Gasteiger partial charge on any atom is -0.320 e. The zero-order valence-corrected chi connectivity index (χ0v) is 10.4. The first kappa shape index (κ1) is 14.7. The Morgan fingerprint density at radius 1 is 1.07 bits per heavy atom. The van der Waals surface area contributed by atoms with Gasteiger partial charge in [-0.2, -0.15) is 0 Å². The quantitative estimate of drug-likeness (QED) is 0.637. The van der Waals surface area contributed by atoms with Gasteiger partial charge in [-0.25, -0.2) is 5.90 Å². The third-order valence-corrected chi connectivity index (χ3v) is 2.47. The van der Waals surface area contributed by atoms with E-state index in [1.165, 1.54) is 16.7 Å². The number of hydrogen-bond donors (Lipinski definition) is 2. The normalized spacial score (nSPS) is 9.40. The first-order chi connectivity index (χ1) is 7.27. The average molecular weight is 250 g/mol. The molecule has 0 aliphatic heterocycles. The fourth-order valence-electron chi connectivity index (χ4n) is 1.43. The largest absolute Gasteiger partial charge is 0.320 e. The van der Waals surface area contributed by atoms with Crippen LogP contribution >= 0.6 is 23.2 Å². The first-order valence-corrected chi connectivity index (χ1v) is 5.81. The van der Waals surface area contributed by atoms with Crippen molar-refractivity contribution in [3.63, 3.8) is 0 Å².